The van der Waals surface area contributed by atoms with Crippen molar-refractivity contribution < 1.29 is 22.6 Å². The SMILES string of the molecule is CCN(CC)OS(=O)(=O)c1ccc(/N=N/c2c(O)c(C(=O)Nc3ccc4c(c3)c3ccccc3n4CC)cc3ccccc23)c2ccccc12. The van der Waals surface area contributed by atoms with Crippen molar-refractivity contribution in [1.29, 1.82) is 0 Å². The summed E-state index contributed by atoms with van der Waals surface area (Å²) in [5.74, 6) is -0.832. The minimum absolute atomic E-state index is 0.00311. The average Bonchev–Trinajstić information content (AvgIpc) is 3.45. The number of benzene rings is 6. The molecule has 0 unspecified atom stereocenters. The number of aromatic nitrogens is 1. The van der Waals surface area contributed by atoms with Gasteiger partial charge in [0.1, 0.15) is 10.6 Å². The summed E-state index contributed by atoms with van der Waals surface area (Å²) >= 11 is 0. The summed E-state index contributed by atoms with van der Waals surface area (Å²) in [6, 6.07) is 32.8. The van der Waals surface area contributed by atoms with Gasteiger partial charge in [-0.3, -0.25) is 4.79 Å². The van der Waals surface area contributed by atoms with Crippen molar-refractivity contribution in [3.8, 4) is 5.75 Å². The van der Waals surface area contributed by atoms with E-state index in [0.29, 0.717) is 46.0 Å². The molecule has 0 fully saturated rings. The molecule has 0 bridgehead atoms. The summed E-state index contributed by atoms with van der Waals surface area (Å²) in [4.78, 5) is 13.8. The van der Waals surface area contributed by atoms with Gasteiger partial charge in [0.05, 0.1) is 11.3 Å². The number of nitrogens with one attached hydrogen (secondary N) is 1. The third kappa shape index (κ3) is 5.85. The fourth-order valence-electron chi connectivity index (χ4n) is 6.43. The van der Waals surface area contributed by atoms with Crippen LogP contribution in [0.15, 0.2) is 124 Å². The quantitative estimate of drug-likeness (QED) is 0.109. The number of phenolic OH excluding ortho intramolecular Hbond substituents is 1. The average molecular weight is 686 g/mol. The van der Waals surface area contributed by atoms with Gasteiger partial charge in [-0.1, -0.05) is 80.6 Å². The lowest BCUT2D eigenvalue weighted by atomic mass is 10.0. The van der Waals surface area contributed by atoms with Crippen molar-refractivity contribution in [2.75, 3.05) is 18.4 Å². The van der Waals surface area contributed by atoms with E-state index in [0.717, 1.165) is 28.4 Å². The van der Waals surface area contributed by atoms with Gasteiger partial charge in [0.25, 0.3) is 5.91 Å². The Kier molecular flexibility index (Phi) is 8.79. The van der Waals surface area contributed by atoms with E-state index >= 15 is 0 Å². The summed E-state index contributed by atoms with van der Waals surface area (Å²) in [5.41, 5.74) is 3.29. The number of phenols is 1. The van der Waals surface area contributed by atoms with E-state index in [4.69, 9.17) is 4.28 Å². The van der Waals surface area contributed by atoms with Gasteiger partial charge in [-0.05, 0) is 54.8 Å². The van der Waals surface area contributed by atoms with Crippen LogP contribution in [0.25, 0.3) is 43.4 Å². The van der Waals surface area contributed by atoms with Crippen LogP contribution < -0.4 is 5.32 Å². The number of nitrogens with zero attached hydrogens (tertiary/aromatic N) is 4. The van der Waals surface area contributed by atoms with Crippen LogP contribution in [0.2, 0.25) is 0 Å². The molecule has 0 spiro atoms. The molecule has 50 heavy (non-hydrogen) atoms. The van der Waals surface area contributed by atoms with E-state index in [1.807, 2.05) is 62.4 Å². The summed E-state index contributed by atoms with van der Waals surface area (Å²) in [6.45, 7) is 7.32. The normalized spacial score (nSPS) is 12.2. The molecule has 10 nitrogen and oxygen atoms in total. The zero-order chi connectivity index (χ0) is 35.0. The molecule has 1 aromatic heterocycles. The molecule has 0 aliphatic rings. The number of fused-ring (bicyclic) bond motifs is 5. The molecule has 0 atom stereocenters. The monoisotopic (exact) mass is 685 g/mol. The lowest BCUT2D eigenvalue weighted by molar-refractivity contribution is -0.0412. The zero-order valence-electron chi connectivity index (χ0n) is 27.8. The van der Waals surface area contributed by atoms with Gasteiger partial charge in [0, 0.05) is 63.3 Å². The van der Waals surface area contributed by atoms with E-state index in [-0.39, 0.29) is 21.9 Å². The van der Waals surface area contributed by atoms with Crippen LogP contribution in [0.3, 0.4) is 0 Å². The van der Waals surface area contributed by atoms with Crippen LogP contribution in [0.5, 0.6) is 5.75 Å². The van der Waals surface area contributed by atoms with Gasteiger partial charge < -0.3 is 15.0 Å². The van der Waals surface area contributed by atoms with Gasteiger partial charge >= 0.3 is 10.1 Å². The summed E-state index contributed by atoms with van der Waals surface area (Å²) < 4.78 is 34.1. The highest BCUT2D eigenvalue weighted by Crippen LogP contribution is 2.41. The molecule has 1 heterocycles. The molecular weight excluding hydrogens is 651 g/mol. The number of carbonyl (C=O) groups excluding carboxylic acids is 1. The number of azo groups is 1. The maximum atomic E-state index is 13.8. The topological polar surface area (TPSA) is 126 Å². The fraction of sp³-hybridized carbons (Fsp3) is 0.154. The number of aryl methyl sites for hydroxylation is 1. The molecular formula is C39H35N5O5S. The van der Waals surface area contributed by atoms with Crippen LogP contribution in [0.4, 0.5) is 17.1 Å². The van der Waals surface area contributed by atoms with Crippen molar-refractivity contribution in [2.24, 2.45) is 10.2 Å². The number of amides is 1. The third-order valence-electron chi connectivity index (χ3n) is 8.88. The Morgan fingerprint density at radius 2 is 1.42 bits per heavy atom. The second-order valence-electron chi connectivity index (χ2n) is 11.8. The number of hydrogen-bond acceptors (Lipinski definition) is 8. The van der Waals surface area contributed by atoms with Gasteiger partial charge in [0.2, 0.25) is 0 Å². The molecule has 0 aliphatic heterocycles. The number of hydrogen-bond donors (Lipinski definition) is 2. The summed E-state index contributed by atoms with van der Waals surface area (Å²) in [7, 11) is -4.13. The highest BCUT2D eigenvalue weighted by atomic mass is 32.2. The van der Waals surface area contributed by atoms with Crippen LogP contribution in [-0.2, 0) is 20.9 Å². The number of rotatable bonds is 10. The number of carbonyl (C=O) groups is 1. The van der Waals surface area contributed by atoms with Gasteiger partial charge in [-0.15, -0.1) is 10.2 Å². The first-order valence-electron chi connectivity index (χ1n) is 16.4. The Morgan fingerprint density at radius 1 is 0.760 bits per heavy atom. The van der Waals surface area contributed by atoms with E-state index in [1.54, 1.807) is 42.5 Å². The molecule has 0 saturated carbocycles. The van der Waals surface area contributed by atoms with Crippen LogP contribution >= 0.6 is 0 Å². The number of para-hydroxylation sites is 1. The van der Waals surface area contributed by atoms with E-state index in [1.165, 1.54) is 11.1 Å². The summed E-state index contributed by atoms with van der Waals surface area (Å²) in [5, 5.41) is 29.1. The third-order valence-corrected chi connectivity index (χ3v) is 10.2. The largest absolute Gasteiger partial charge is 0.505 e. The van der Waals surface area contributed by atoms with E-state index in [2.05, 4.69) is 39.2 Å². The lowest BCUT2D eigenvalue weighted by Crippen LogP contribution is -2.27. The Balaban J connectivity index is 1.26. The molecule has 252 valence electrons. The van der Waals surface area contributed by atoms with Gasteiger partial charge in [-0.25, -0.2) is 0 Å². The van der Waals surface area contributed by atoms with Gasteiger partial charge in [-0.2, -0.15) is 17.8 Å². The molecule has 0 radical (unpaired) electrons. The molecule has 7 aromatic rings. The first-order valence-corrected chi connectivity index (χ1v) is 17.8. The maximum absolute atomic E-state index is 13.8. The number of anilines is 1. The molecule has 0 saturated heterocycles. The first-order chi connectivity index (χ1) is 24.2. The fourth-order valence-corrected chi connectivity index (χ4v) is 7.69. The van der Waals surface area contributed by atoms with Crippen LogP contribution in [-0.4, -0.2) is 42.2 Å². The molecule has 7 rings (SSSR count). The molecule has 1 amide bonds. The zero-order valence-corrected chi connectivity index (χ0v) is 28.6. The van der Waals surface area contributed by atoms with Crippen LogP contribution in [0.1, 0.15) is 31.1 Å². The van der Waals surface area contributed by atoms with E-state index in [9.17, 15) is 18.3 Å². The maximum Gasteiger partial charge on any atom is 0.313 e. The lowest BCUT2D eigenvalue weighted by Gasteiger charge is -2.18. The highest BCUT2D eigenvalue weighted by Gasteiger charge is 2.23. The van der Waals surface area contributed by atoms with E-state index < -0.39 is 16.0 Å². The van der Waals surface area contributed by atoms with Gasteiger partial charge in [0.15, 0.2) is 5.75 Å². The Labute approximate surface area is 289 Å². The first kappa shape index (κ1) is 32.9. The Hall–Kier alpha value is -5.62. The molecule has 0 aliphatic carbocycles. The minimum atomic E-state index is -4.13. The van der Waals surface area contributed by atoms with Crippen molar-refractivity contribution in [3.63, 3.8) is 0 Å². The predicted octanol–water partition coefficient (Wildman–Crippen LogP) is 9.46. The van der Waals surface area contributed by atoms with Crippen molar-refractivity contribution >= 4 is 76.4 Å². The summed E-state index contributed by atoms with van der Waals surface area (Å²) in [6.07, 6.45) is 0. The van der Waals surface area contributed by atoms with Crippen molar-refractivity contribution in [1.82, 2.24) is 9.63 Å². The smallest absolute Gasteiger partial charge is 0.313 e. The highest BCUT2D eigenvalue weighted by molar-refractivity contribution is 7.87. The van der Waals surface area contributed by atoms with Crippen molar-refractivity contribution in [2.45, 2.75) is 32.2 Å². The Morgan fingerprint density at radius 3 is 2.16 bits per heavy atom. The second kappa shape index (κ2) is 13.4. The van der Waals surface area contributed by atoms with Crippen LogP contribution in [0, 0.1) is 0 Å². The number of hydroxylamine groups is 2. The minimum Gasteiger partial charge on any atom is -0.505 e. The second-order valence-corrected chi connectivity index (χ2v) is 13.3. The number of aromatic hydroxyl groups is 1. The molecule has 6 aromatic carbocycles. The standard InChI is InChI=1S/C39H35N5O5S/c1-4-43(5-2)49-50(47,48)36-22-20-33(28-15-9-10-17-30(28)36)41-42-37-27-14-8-7-13-25(27)23-32(38(37)45)39(46)40-26-19-21-35-31(24-26)29-16-11-12-18-34(29)44(35)6-3/h7-24,45H,4-6H2,1-3H3,(H,40,46)/b42-41+. The molecule has 11 heteroatoms. The van der Waals surface area contributed by atoms with Crippen molar-refractivity contribution in [3.05, 3.63) is 115 Å². The molecule has 2 N–H and O–H groups in total. The predicted molar refractivity (Wildman–Crippen MR) is 198 cm³/mol. The Bertz CT molecular complexity index is 2570.